The molecule has 3 atom stereocenters. The number of rotatable bonds is 4. The highest BCUT2D eigenvalue weighted by Gasteiger charge is 2.39. The Kier molecular flexibility index (Phi) is 5.23. The molecule has 2 heterocycles. The van der Waals surface area contributed by atoms with E-state index in [1.54, 1.807) is 26.0 Å². The van der Waals surface area contributed by atoms with E-state index in [1.165, 1.54) is 16.2 Å². The Balaban J connectivity index is 1.98. The van der Waals surface area contributed by atoms with Crippen molar-refractivity contribution < 1.29 is 19.5 Å². The van der Waals surface area contributed by atoms with Gasteiger partial charge in [0.25, 0.3) is 5.91 Å². The van der Waals surface area contributed by atoms with E-state index < -0.39 is 17.9 Å². The maximum Gasteiger partial charge on any atom is 0.308 e. The Labute approximate surface area is 140 Å². The third kappa shape index (κ3) is 3.49. The maximum absolute atomic E-state index is 12.4. The van der Waals surface area contributed by atoms with Gasteiger partial charge in [-0.2, -0.15) is 0 Å². The summed E-state index contributed by atoms with van der Waals surface area (Å²) in [5.74, 6) is -1.98. The lowest BCUT2D eigenvalue weighted by molar-refractivity contribution is -0.143. The average Bonchev–Trinajstić information content (AvgIpc) is 3.04. The van der Waals surface area contributed by atoms with Crippen LogP contribution in [0.4, 0.5) is 0 Å². The summed E-state index contributed by atoms with van der Waals surface area (Å²) in [5.41, 5.74) is 0. The summed E-state index contributed by atoms with van der Waals surface area (Å²) in [4.78, 5) is 37.6. The number of carboxylic acids is 1. The molecule has 0 bridgehead atoms. The molecule has 2 rings (SSSR count). The van der Waals surface area contributed by atoms with Gasteiger partial charge in [0.05, 0.1) is 14.6 Å². The predicted molar refractivity (Wildman–Crippen MR) is 85.9 cm³/mol. The van der Waals surface area contributed by atoms with Crippen LogP contribution in [0.25, 0.3) is 0 Å². The molecular weight excluding hydrogens is 372 g/mol. The van der Waals surface area contributed by atoms with E-state index in [1.807, 2.05) is 0 Å². The fourth-order valence-corrected chi connectivity index (χ4v) is 3.88. The number of hydrogen-bond donors (Lipinski definition) is 2. The summed E-state index contributed by atoms with van der Waals surface area (Å²) < 4.78 is 0.842. The number of hydrogen-bond acceptors (Lipinski definition) is 4. The molecular formula is C14H17BrN2O4S. The SMILES string of the molecule is CC(NC(=O)c1ccc(Br)s1)C(=O)N1CCC(C(=O)O)C1C. The Morgan fingerprint density at radius 1 is 1.45 bits per heavy atom. The van der Waals surface area contributed by atoms with Crippen molar-refractivity contribution in [2.24, 2.45) is 5.92 Å². The van der Waals surface area contributed by atoms with Crippen molar-refractivity contribution in [3.63, 3.8) is 0 Å². The number of amides is 2. The average molecular weight is 389 g/mol. The van der Waals surface area contributed by atoms with Crippen LogP contribution in [0.5, 0.6) is 0 Å². The van der Waals surface area contributed by atoms with Gasteiger partial charge in [0.15, 0.2) is 0 Å². The number of nitrogens with zero attached hydrogens (tertiary/aromatic N) is 1. The number of likely N-dealkylation sites (tertiary alicyclic amines) is 1. The van der Waals surface area contributed by atoms with E-state index in [0.29, 0.717) is 17.8 Å². The molecule has 1 aromatic rings. The van der Waals surface area contributed by atoms with E-state index in [2.05, 4.69) is 21.2 Å². The van der Waals surface area contributed by atoms with Crippen LogP contribution in [0.3, 0.4) is 0 Å². The molecule has 3 unspecified atom stereocenters. The number of nitrogens with one attached hydrogen (secondary N) is 1. The summed E-state index contributed by atoms with van der Waals surface area (Å²) in [6.45, 7) is 3.75. The van der Waals surface area contributed by atoms with Crippen LogP contribution >= 0.6 is 27.3 Å². The van der Waals surface area contributed by atoms with Crippen LogP contribution in [0.1, 0.15) is 29.9 Å². The van der Waals surface area contributed by atoms with Gasteiger partial charge in [-0.1, -0.05) is 0 Å². The third-order valence-corrected chi connectivity index (χ3v) is 5.49. The van der Waals surface area contributed by atoms with E-state index in [9.17, 15) is 14.4 Å². The molecule has 0 aliphatic carbocycles. The van der Waals surface area contributed by atoms with Crippen LogP contribution in [-0.2, 0) is 9.59 Å². The second kappa shape index (κ2) is 6.78. The zero-order valence-electron chi connectivity index (χ0n) is 12.2. The van der Waals surface area contributed by atoms with Crippen molar-refractivity contribution >= 4 is 45.1 Å². The summed E-state index contributed by atoms with van der Waals surface area (Å²) in [6, 6.07) is 2.40. The third-order valence-electron chi connectivity index (χ3n) is 3.87. The highest BCUT2D eigenvalue weighted by molar-refractivity contribution is 9.11. The van der Waals surface area contributed by atoms with Gasteiger partial charge in [0, 0.05) is 12.6 Å². The van der Waals surface area contributed by atoms with E-state index in [4.69, 9.17) is 5.11 Å². The first kappa shape index (κ1) is 17.0. The first-order valence-corrected chi connectivity index (χ1v) is 8.51. The lowest BCUT2D eigenvalue weighted by Gasteiger charge is -2.26. The van der Waals surface area contributed by atoms with Crippen LogP contribution in [0.2, 0.25) is 0 Å². The molecule has 8 heteroatoms. The number of halogens is 1. The molecule has 22 heavy (non-hydrogen) atoms. The number of aliphatic carboxylic acids is 1. The van der Waals surface area contributed by atoms with Crippen molar-refractivity contribution in [3.8, 4) is 0 Å². The Bertz CT molecular complexity index is 603. The number of thiophene rings is 1. The van der Waals surface area contributed by atoms with Crippen molar-refractivity contribution in [2.45, 2.75) is 32.4 Å². The molecule has 1 fully saturated rings. The van der Waals surface area contributed by atoms with E-state index in [-0.39, 0.29) is 17.9 Å². The topological polar surface area (TPSA) is 86.7 Å². The van der Waals surface area contributed by atoms with Gasteiger partial charge in [-0.05, 0) is 48.3 Å². The normalized spacial score (nSPS) is 22.4. The molecule has 6 nitrogen and oxygen atoms in total. The molecule has 2 N–H and O–H groups in total. The van der Waals surface area contributed by atoms with Crippen molar-refractivity contribution in [1.29, 1.82) is 0 Å². The molecule has 0 saturated carbocycles. The Hall–Kier alpha value is -1.41. The standard InChI is InChI=1S/C14H17BrN2O4S/c1-7(16-12(18)10-3-4-11(15)22-10)13(19)17-6-5-9(8(17)2)14(20)21/h3-4,7-9H,5-6H2,1-2H3,(H,16,18)(H,20,21). The molecule has 1 aromatic heterocycles. The van der Waals surface area contributed by atoms with E-state index in [0.717, 1.165) is 3.79 Å². The molecule has 0 radical (unpaired) electrons. The van der Waals surface area contributed by atoms with Gasteiger partial charge in [0.1, 0.15) is 6.04 Å². The Morgan fingerprint density at radius 3 is 2.64 bits per heavy atom. The summed E-state index contributed by atoms with van der Waals surface area (Å²) in [5, 5.41) is 11.8. The van der Waals surface area contributed by atoms with Gasteiger partial charge in [0.2, 0.25) is 5.91 Å². The smallest absolute Gasteiger partial charge is 0.308 e. The fourth-order valence-electron chi connectivity index (χ4n) is 2.60. The van der Waals surface area contributed by atoms with Gasteiger partial charge >= 0.3 is 5.97 Å². The van der Waals surface area contributed by atoms with Gasteiger partial charge in [-0.25, -0.2) is 0 Å². The number of carbonyl (C=O) groups is 3. The first-order chi connectivity index (χ1) is 10.3. The molecule has 1 saturated heterocycles. The van der Waals surface area contributed by atoms with Gasteiger partial charge in [-0.15, -0.1) is 11.3 Å². The van der Waals surface area contributed by atoms with Crippen LogP contribution in [0.15, 0.2) is 15.9 Å². The maximum atomic E-state index is 12.4. The minimum atomic E-state index is -0.886. The monoisotopic (exact) mass is 388 g/mol. The predicted octanol–water partition coefficient (Wildman–Crippen LogP) is 1.95. The van der Waals surface area contributed by atoms with Gasteiger partial charge < -0.3 is 15.3 Å². The molecule has 1 aliphatic rings. The molecule has 0 spiro atoms. The summed E-state index contributed by atoms with van der Waals surface area (Å²) in [6.07, 6.45) is 0.445. The van der Waals surface area contributed by atoms with Crippen LogP contribution in [-0.4, -0.2) is 46.4 Å². The van der Waals surface area contributed by atoms with E-state index >= 15 is 0 Å². The molecule has 120 valence electrons. The Morgan fingerprint density at radius 2 is 2.14 bits per heavy atom. The van der Waals surface area contributed by atoms with Crippen LogP contribution in [0, 0.1) is 5.92 Å². The van der Waals surface area contributed by atoms with Crippen molar-refractivity contribution in [1.82, 2.24) is 10.2 Å². The lowest BCUT2D eigenvalue weighted by atomic mass is 10.0. The quantitative estimate of drug-likeness (QED) is 0.824. The second-order valence-electron chi connectivity index (χ2n) is 5.30. The van der Waals surface area contributed by atoms with Crippen molar-refractivity contribution in [2.75, 3.05) is 6.54 Å². The minimum Gasteiger partial charge on any atom is -0.481 e. The second-order valence-corrected chi connectivity index (χ2v) is 7.77. The lowest BCUT2D eigenvalue weighted by Crippen LogP contribution is -2.49. The minimum absolute atomic E-state index is 0.250. The first-order valence-electron chi connectivity index (χ1n) is 6.90. The molecule has 0 aromatic carbocycles. The van der Waals surface area contributed by atoms with Crippen molar-refractivity contribution in [3.05, 3.63) is 20.8 Å². The number of carboxylic acid groups (broad SMARTS) is 1. The largest absolute Gasteiger partial charge is 0.481 e. The number of carbonyl (C=O) groups excluding carboxylic acids is 2. The summed E-state index contributed by atoms with van der Waals surface area (Å²) in [7, 11) is 0. The summed E-state index contributed by atoms with van der Waals surface area (Å²) >= 11 is 4.57. The molecule has 1 aliphatic heterocycles. The highest BCUT2D eigenvalue weighted by atomic mass is 79.9. The zero-order chi connectivity index (χ0) is 16.4. The van der Waals surface area contributed by atoms with Crippen LogP contribution < -0.4 is 5.32 Å². The van der Waals surface area contributed by atoms with Gasteiger partial charge in [-0.3, -0.25) is 14.4 Å². The molecule has 2 amide bonds. The fraction of sp³-hybridized carbons (Fsp3) is 0.500. The zero-order valence-corrected chi connectivity index (χ0v) is 14.6. The highest BCUT2D eigenvalue weighted by Crippen LogP contribution is 2.25.